The van der Waals surface area contributed by atoms with E-state index in [9.17, 15) is 0 Å². The first-order valence-corrected chi connectivity index (χ1v) is 7.52. The van der Waals surface area contributed by atoms with E-state index in [2.05, 4.69) is 28.1 Å². The Morgan fingerprint density at radius 1 is 1.39 bits per heavy atom. The van der Waals surface area contributed by atoms with Crippen molar-refractivity contribution in [3.63, 3.8) is 0 Å². The number of hydrogen-bond acceptors (Lipinski definition) is 3. The summed E-state index contributed by atoms with van der Waals surface area (Å²) in [6.07, 6.45) is 10.1. The highest BCUT2D eigenvalue weighted by molar-refractivity contribution is 5.84. The van der Waals surface area contributed by atoms with Gasteiger partial charge < -0.3 is 4.98 Å². The van der Waals surface area contributed by atoms with Crippen molar-refractivity contribution >= 4 is 16.6 Å². The van der Waals surface area contributed by atoms with Crippen LogP contribution in [0.3, 0.4) is 0 Å². The van der Waals surface area contributed by atoms with Crippen LogP contribution < -0.4 is 0 Å². The Bertz CT molecular complexity index is 934. The summed E-state index contributed by atoms with van der Waals surface area (Å²) in [5, 5.41) is 14.8. The largest absolute Gasteiger partial charge is 0.346 e. The molecule has 3 aromatic rings. The zero-order valence-corrected chi connectivity index (χ0v) is 13.1. The van der Waals surface area contributed by atoms with E-state index in [0.29, 0.717) is 5.57 Å². The number of pyridine rings is 1. The second-order valence-corrected chi connectivity index (χ2v) is 5.09. The second kappa shape index (κ2) is 6.32. The van der Waals surface area contributed by atoms with Gasteiger partial charge >= 0.3 is 0 Å². The maximum absolute atomic E-state index is 9.10. The van der Waals surface area contributed by atoms with Crippen LogP contribution in [0.25, 0.3) is 22.3 Å². The first kappa shape index (κ1) is 14.8. The molecule has 0 spiro atoms. The van der Waals surface area contributed by atoms with Gasteiger partial charge in [0.1, 0.15) is 5.65 Å². The molecule has 0 aromatic carbocycles. The van der Waals surface area contributed by atoms with E-state index in [1.807, 2.05) is 48.3 Å². The first-order chi connectivity index (χ1) is 11.3. The Labute approximate surface area is 134 Å². The number of fused-ring (bicyclic) bond motifs is 1. The number of nitrogens with zero attached hydrogens (tertiary/aromatic N) is 4. The van der Waals surface area contributed by atoms with Crippen LogP contribution in [0.15, 0.2) is 54.5 Å². The fourth-order valence-corrected chi connectivity index (χ4v) is 2.50. The lowest BCUT2D eigenvalue weighted by molar-refractivity contribution is 0.876. The molecule has 0 aliphatic carbocycles. The number of H-pyrrole nitrogens is 1. The van der Waals surface area contributed by atoms with Crippen molar-refractivity contribution in [1.29, 1.82) is 5.26 Å². The van der Waals surface area contributed by atoms with Crippen molar-refractivity contribution in [2.45, 2.75) is 20.3 Å². The minimum atomic E-state index is 0.647. The number of aromatic amines is 1. The number of aromatic nitrogens is 4. The van der Waals surface area contributed by atoms with Crippen LogP contribution in [-0.4, -0.2) is 19.7 Å². The number of nitriles is 1. The van der Waals surface area contributed by atoms with Crippen molar-refractivity contribution in [1.82, 2.24) is 19.7 Å². The van der Waals surface area contributed by atoms with Gasteiger partial charge in [0.05, 0.1) is 17.5 Å². The summed E-state index contributed by atoms with van der Waals surface area (Å²) in [6.45, 7) is 3.92. The van der Waals surface area contributed by atoms with Crippen molar-refractivity contribution < 1.29 is 0 Å². The van der Waals surface area contributed by atoms with Gasteiger partial charge in [-0.1, -0.05) is 13.0 Å². The minimum Gasteiger partial charge on any atom is -0.346 e. The normalized spacial score (nSPS) is 12.6. The Hall–Kier alpha value is -3.13. The fourth-order valence-electron chi connectivity index (χ4n) is 2.50. The van der Waals surface area contributed by atoms with E-state index in [1.54, 1.807) is 12.3 Å². The molecule has 3 heterocycles. The molecule has 0 aliphatic heterocycles. The molecular formula is C18H17N5. The highest BCUT2D eigenvalue weighted by Gasteiger charge is 2.09. The molecule has 0 atom stereocenters. The first-order valence-electron chi connectivity index (χ1n) is 7.52. The van der Waals surface area contributed by atoms with Gasteiger partial charge in [0.15, 0.2) is 0 Å². The molecule has 3 rings (SSSR count). The van der Waals surface area contributed by atoms with Crippen LogP contribution in [-0.2, 0) is 0 Å². The van der Waals surface area contributed by atoms with Crippen molar-refractivity contribution in [3.05, 3.63) is 60.2 Å². The van der Waals surface area contributed by atoms with E-state index < -0.39 is 0 Å². The fraction of sp³-hybridized carbons (Fsp3) is 0.167. The number of hydrogen-bond donors (Lipinski definition) is 1. The van der Waals surface area contributed by atoms with Crippen molar-refractivity contribution in [2.75, 3.05) is 0 Å². The Kier molecular flexibility index (Phi) is 4.07. The highest BCUT2D eigenvalue weighted by atomic mass is 15.3. The molecule has 114 valence electrons. The van der Waals surface area contributed by atoms with E-state index in [1.165, 1.54) is 0 Å². The van der Waals surface area contributed by atoms with Gasteiger partial charge in [-0.15, -0.1) is 0 Å². The van der Waals surface area contributed by atoms with Crippen molar-refractivity contribution in [2.24, 2.45) is 0 Å². The lowest BCUT2D eigenvalue weighted by atomic mass is 10.1. The number of rotatable bonds is 4. The molecule has 0 unspecified atom stereocenters. The van der Waals surface area contributed by atoms with Crippen molar-refractivity contribution in [3.8, 4) is 11.8 Å². The van der Waals surface area contributed by atoms with E-state index in [-0.39, 0.29) is 0 Å². The van der Waals surface area contributed by atoms with E-state index in [0.717, 1.165) is 34.4 Å². The Balaban J connectivity index is 2.03. The quantitative estimate of drug-likeness (QED) is 0.584. The zero-order chi connectivity index (χ0) is 16.2. The third-order valence-corrected chi connectivity index (χ3v) is 3.75. The molecule has 1 N–H and O–H groups in total. The zero-order valence-electron chi connectivity index (χ0n) is 13.1. The molecule has 0 fully saturated rings. The smallest absolute Gasteiger partial charge is 0.139 e. The summed E-state index contributed by atoms with van der Waals surface area (Å²) in [5.74, 6) is 0. The van der Waals surface area contributed by atoms with E-state index in [4.69, 9.17) is 5.26 Å². The third-order valence-electron chi connectivity index (χ3n) is 3.75. The van der Waals surface area contributed by atoms with Crippen LogP contribution >= 0.6 is 0 Å². The summed E-state index contributed by atoms with van der Waals surface area (Å²) in [6, 6.07) is 8.08. The van der Waals surface area contributed by atoms with Crippen LogP contribution in [0.5, 0.6) is 0 Å². The van der Waals surface area contributed by atoms with Crippen LogP contribution in [0.1, 0.15) is 26.0 Å². The number of allylic oxidation sites excluding steroid dienone is 4. The minimum absolute atomic E-state index is 0.647. The molecule has 0 amide bonds. The molecule has 5 heteroatoms. The topological polar surface area (TPSA) is 70.3 Å². The number of nitrogens with one attached hydrogen (secondary N) is 1. The summed E-state index contributed by atoms with van der Waals surface area (Å²) < 4.78 is 1.85. The van der Waals surface area contributed by atoms with Gasteiger partial charge in [0.2, 0.25) is 0 Å². The predicted molar refractivity (Wildman–Crippen MR) is 90.9 cm³/mol. The van der Waals surface area contributed by atoms with Gasteiger partial charge in [0, 0.05) is 29.5 Å². The molecule has 0 radical (unpaired) electrons. The van der Waals surface area contributed by atoms with Gasteiger partial charge in [0.25, 0.3) is 0 Å². The average Bonchev–Trinajstić information content (AvgIpc) is 3.25. The van der Waals surface area contributed by atoms with Gasteiger partial charge in [-0.3, -0.25) is 0 Å². The van der Waals surface area contributed by atoms with E-state index >= 15 is 0 Å². The summed E-state index contributed by atoms with van der Waals surface area (Å²) in [4.78, 5) is 7.40. The van der Waals surface area contributed by atoms with Gasteiger partial charge in [-0.05, 0) is 43.2 Å². The maximum atomic E-state index is 9.10. The molecule has 0 saturated carbocycles. The molecule has 23 heavy (non-hydrogen) atoms. The molecule has 0 bridgehead atoms. The summed E-state index contributed by atoms with van der Waals surface area (Å²) in [5.41, 5.74) is 4.38. The van der Waals surface area contributed by atoms with Crippen LogP contribution in [0.4, 0.5) is 0 Å². The van der Waals surface area contributed by atoms with Crippen LogP contribution in [0.2, 0.25) is 0 Å². The molecular weight excluding hydrogens is 286 g/mol. The molecule has 0 saturated heterocycles. The Morgan fingerprint density at radius 2 is 2.26 bits per heavy atom. The van der Waals surface area contributed by atoms with Gasteiger partial charge in [-0.2, -0.15) is 10.4 Å². The average molecular weight is 303 g/mol. The predicted octanol–water partition coefficient (Wildman–Crippen LogP) is 4.01. The molecule has 5 nitrogen and oxygen atoms in total. The molecule has 0 aliphatic rings. The second-order valence-electron chi connectivity index (χ2n) is 5.09. The van der Waals surface area contributed by atoms with Gasteiger partial charge in [-0.25, -0.2) is 9.67 Å². The lowest BCUT2D eigenvalue weighted by Crippen LogP contribution is -1.97. The summed E-state index contributed by atoms with van der Waals surface area (Å²) >= 11 is 0. The standard InChI is InChI=1S/C18H17N5/c1-3-13(12-19)11-14(4-2)16-7-10-23(22-16)17-6-9-21-18-15(17)5-8-20-18/h3,5-11H,4H2,1-2H3,(H,20,21)/b13-3+,14-11+. The van der Waals surface area contributed by atoms with Crippen LogP contribution in [0, 0.1) is 11.3 Å². The molecule has 3 aromatic heterocycles. The highest BCUT2D eigenvalue weighted by Crippen LogP contribution is 2.22. The maximum Gasteiger partial charge on any atom is 0.139 e. The Morgan fingerprint density at radius 3 is 3.00 bits per heavy atom. The summed E-state index contributed by atoms with van der Waals surface area (Å²) in [7, 11) is 0. The third kappa shape index (κ3) is 2.79. The monoisotopic (exact) mass is 303 g/mol. The lowest BCUT2D eigenvalue weighted by Gasteiger charge is -2.04. The SMILES string of the molecule is C/C=C(C#N)\C=C(/CC)c1ccn(-c2ccnc3[nH]ccc23)n1.